The Morgan fingerprint density at radius 3 is 2.38 bits per heavy atom. The maximum atomic E-state index is 12.5. The second kappa shape index (κ2) is 6.97. The Labute approximate surface area is 158 Å². The molecule has 2 aromatic carbocycles. The first-order valence-electron chi connectivity index (χ1n) is 9.20. The van der Waals surface area contributed by atoms with Gasteiger partial charge in [-0.2, -0.15) is 0 Å². The van der Waals surface area contributed by atoms with Gasteiger partial charge in [-0.25, -0.2) is 0 Å². The summed E-state index contributed by atoms with van der Waals surface area (Å²) in [5, 5.41) is 13.4. The third kappa shape index (κ3) is 3.33. The van der Waals surface area contributed by atoms with Gasteiger partial charge in [0.15, 0.2) is 0 Å². The van der Waals surface area contributed by atoms with Gasteiger partial charge in [-0.15, -0.1) is 0 Å². The van der Waals surface area contributed by atoms with E-state index in [1.807, 2.05) is 31.2 Å². The molecule has 2 aliphatic rings. The molecular weight excluding hydrogens is 344 g/mol. The fourth-order valence-corrected chi connectivity index (χ4v) is 4.97. The van der Waals surface area contributed by atoms with Crippen LogP contribution in [0.5, 0.6) is 0 Å². The molecule has 4 nitrogen and oxygen atoms in total. The average Bonchev–Trinajstić information content (AvgIpc) is 2.96. The Kier molecular flexibility index (Phi) is 4.67. The summed E-state index contributed by atoms with van der Waals surface area (Å²) in [6.45, 7) is 2.44. The smallest absolute Gasteiger partial charge is 0.222 e. The molecule has 2 N–H and O–H groups in total. The minimum Gasteiger partial charge on any atom is -0.388 e. The van der Waals surface area contributed by atoms with Crippen molar-refractivity contribution in [2.24, 2.45) is 0 Å². The molecule has 1 saturated carbocycles. The summed E-state index contributed by atoms with van der Waals surface area (Å²) in [5.74, 6) is 0.00497. The Morgan fingerprint density at radius 2 is 1.81 bits per heavy atom. The predicted octanol–water partition coefficient (Wildman–Crippen LogP) is 4.10. The molecule has 1 aliphatic heterocycles. The molecular formula is C21H24N2O2S. The Morgan fingerprint density at radius 1 is 1.19 bits per heavy atom. The number of carbonyl (C=O) groups excluding carboxylic acids is 1. The van der Waals surface area contributed by atoms with Crippen molar-refractivity contribution in [1.29, 1.82) is 0 Å². The van der Waals surface area contributed by atoms with Crippen LogP contribution in [0.1, 0.15) is 32.6 Å². The Bertz CT molecular complexity index is 776. The highest BCUT2D eigenvalue weighted by Crippen LogP contribution is 2.47. The van der Waals surface area contributed by atoms with E-state index >= 15 is 0 Å². The maximum Gasteiger partial charge on any atom is 0.222 e. The first-order valence-corrected chi connectivity index (χ1v) is 10.0. The van der Waals surface area contributed by atoms with Crippen LogP contribution in [0.3, 0.4) is 0 Å². The number of aliphatic hydroxyl groups is 1. The summed E-state index contributed by atoms with van der Waals surface area (Å²) >= 11 is 1.77. The molecule has 5 heteroatoms. The summed E-state index contributed by atoms with van der Waals surface area (Å²) in [4.78, 5) is 17.2. The van der Waals surface area contributed by atoms with Crippen LogP contribution < -0.4 is 10.2 Å². The molecule has 0 bridgehead atoms. The lowest BCUT2D eigenvalue weighted by atomic mass is 10.0. The number of rotatable bonds is 4. The van der Waals surface area contributed by atoms with E-state index in [1.54, 1.807) is 11.8 Å². The van der Waals surface area contributed by atoms with Crippen molar-refractivity contribution in [3.63, 3.8) is 0 Å². The number of carbonyl (C=O) groups is 1. The van der Waals surface area contributed by atoms with E-state index in [-0.39, 0.29) is 11.9 Å². The summed E-state index contributed by atoms with van der Waals surface area (Å²) in [6.07, 6.45) is 2.97. The molecule has 2 unspecified atom stereocenters. The van der Waals surface area contributed by atoms with Crippen LogP contribution >= 0.6 is 11.8 Å². The number of hydrogen-bond donors (Lipinski definition) is 2. The van der Waals surface area contributed by atoms with Crippen molar-refractivity contribution >= 4 is 29.0 Å². The fraction of sp³-hybridized carbons (Fsp3) is 0.381. The van der Waals surface area contributed by atoms with Gasteiger partial charge in [-0.3, -0.25) is 4.79 Å². The van der Waals surface area contributed by atoms with Crippen LogP contribution in [0.25, 0.3) is 0 Å². The number of anilines is 2. The largest absolute Gasteiger partial charge is 0.388 e. The van der Waals surface area contributed by atoms with Crippen molar-refractivity contribution in [2.75, 3.05) is 11.4 Å². The van der Waals surface area contributed by atoms with Crippen molar-refractivity contribution in [1.82, 2.24) is 5.32 Å². The van der Waals surface area contributed by atoms with E-state index < -0.39 is 5.60 Å². The summed E-state index contributed by atoms with van der Waals surface area (Å²) in [5.41, 5.74) is 1.52. The van der Waals surface area contributed by atoms with Crippen LogP contribution in [-0.2, 0) is 4.79 Å². The van der Waals surface area contributed by atoms with Crippen LogP contribution in [-0.4, -0.2) is 29.2 Å². The molecule has 1 heterocycles. The van der Waals surface area contributed by atoms with Gasteiger partial charge in [0.2, 0.25) is 5.91 Å². The number of fused-ring (bicyclic) bond motifs is 2. The van der Waals surface area contributed by atoms with E-state index in [1.165, 1.54) is 9.79 Å². The number of nitrogens with one attached hydrogen (secondary N) is 1. The molecule has 1 aliphatic carbocycles. The lowest BCUT2D eigenvalue weighted by Gasteiger charge is -2.33. The van der Waals surface area contributed by atoms with Crippen LogP contribution in [0.15, 0.2) is 58.3 Å². The van der Waals surface area contributed by atoms with Crippen LogP contribution in [0.2, 0.25) is 0 Å². The Hall–Kier alpha value is -1.98. The van der Waals surface area contributed by atoms with E-state index in [0.29, 0.717) is 13.0 Å². The predicted molar refractivity (Wildman–Crippen MR) is 105 cm³/mol. The molecule has 136 valence electrons. The maximum absolute atomic E-state index is 12.5. The monoisotopic (exact) mass is 368 g/mol. The molecule has 2 aromatic rings. The minimum absolute atomic E-state index is 0.00497. The molecule has 26 heavy (non-hydrogen) atoms. The zero-order chi connectivity index (χ0) is 18.1. The van der Waals surface area contributed by atoms with E-state index in [4.69, 9.17) is 0 Å². The molecule has 0 radical (unpaired) electrons. The van der Waals surface area contributed by atoms with Gasteiger partial charge in [0.05, 0.1) is 23.0 Å². The number of nitrogens with zero attached hydrogens (tertiary/aromatic N) is 1. The van der Waals surface area contributed by atoms with E-state index in [2.05, 4.69) is 34.5 Å². The lowest BCUT2D eigenvalue weighted by Crippen LogP contribution is -2.47. The second-order valence-electron chi connectivity index (χ2n) is 7.31. The van der Waals surface area contributed by atoms with Gasteiger partial charge in [0.1, 0.15) is 0 Å². The highest BCUT2D eigenvalue weighted by Gasteiger charge is 2.37. The van der Waals surface area contributed by atoms with Gasteiger partial charge >= 0.3 is 0 Å². The average molecular weight is 369 g/mol. The standard InChI is InChI=1S/C21H24N2O2S/c1-21(25)13-6-11-19(21)22-20(24)12-14-23-15-7-2-4-9-17(15)26-18-10-5-3-8-16(18)23/h2-5,7-10,19,25H,6,11-14H2,1H3,(H,22,24). The molecule has 1 fully saturated rings. The Balaban J connectivity index is 1.49. The molecule has 0 aromatic heterocycles. The summed E-state index contributed by atoms with van der Waals surface area (Å²) in [7, 11) is 0. The van der Waals surface area contributed by atoms with Gasteiger partial charge in [-0.1, -0.05) is 36.0 Å². The summed E-state index contributed by atoms with van der Waals surface area (Å²) in [6, 6.07) is 16.5. The van der Waals surface area contributed by atoms with Gasteiger partial charge in [0, 0.05) is 22.8 Å². The van der Waals surface area contributed by atoms with Gasteiger partial charge in [-0.05, 0) is 50.5 Å². The molecule has 4 rings (SSSR count). The van der Waals surface area contributed by atoms with Crippen LogP contribution in [0.4, 0.5) is 11.4 Å². The second-order valence-corrected chi connectivity index (χ2v) is 8.39. The molecule has 2 atom stereocenters. The number of benzene rings is 2. The first kappa shape index (κ1) is 17.4. The lowest BCUT2D eigenvalue weighted by molar-refractivity contribution is -0.123. The normalized spacial score (nSPS) is 24.1. The molecule has 0 saturated heterocycles. The zero-order valence-corrected chi connectivity index (χ0v) is 15.8. The third-order valence-electron chi connectivity index (χ3n) is 5.36. The fourth-order valence-electron chi connectivity index (χ4n) is 3.88. The van der Waals surface area contributed by atoms with Gasteiger partial charge < -0.3 is 15.3 Å². The number of para-hydroxylation sites is 2. The topological polar surface area (TPSA) is 52.6 Å². The molecule has 0 spiro atoms. The van der Waals surface area contributed by atoms with E-state index in [0.717, 1.165) is 30.6 Å². The SMILES string of the molecule is CC1(O)CCCC1NC(=O)CCN1c2ccccc2Sc2ccccc21. The summed E-state index contributed by atoms with van der Waals surface area (Å²) < 4.78 is 0. The zero-order valence-electron chi connectivity index (χ0n) is 14.9. The van der Waals surface area contributed by atoms with Crippen molar-refractivity contribution in [3.05, 3.63) is 48.5 Å². The van der Waals surface area contributed by atoms with Crippen LogP contribution in [0, 0.1) is 0 Å². The van der Waals surface area contributed by atoms with Gasteiger partial charge in [0.25, 0.3) is 0 Å². The van der Waals surface area contributed by atoms with Crippen molar-refractivity contribution in [3.8, 4) is 0 Å². The highest BCUT2D eigenvalue weighted by molar-refractivity contribution is 7.99. The van der Waals surface area contributed by atoms with E-state index in [9.17, 15) is 9.90 Å². The van der Waals surface area contributed by atoms with Crippen molar-refractivity contribution < 1.29 is 9.90 Å². The minimum atomic E-state index is -0.781. The first-order chi connectivity index (χ1) is 12.5. The number of hydrogen-bond acceptors (Lipinski definition) is 4. The highest BCUT2D eigenvalue weighted by atomic mass is 32.2. The number of amides is 1. The third-order valence-corrected chi connectivity index (χ3v) is 6.49. The molecule has 1 amide bonds. The van der Waals surface area contributed by atoms with Crippen molar-refractivity contribution in [2.45, 2.75) is 54.0 Å². The quantitative estimate of drug-likeness (QED) is 0.853.